The van der Waals surface area contributed by atoms with Gasteiger partial charge >= 0.3 is 0 Å². The Kier molecular flexibility index (Phi) is 4.17. The van der Waals surface area contributed by atoms with Crippen LogP contribution in [0.2, 0.25) is 0 Å². The van der Waals surface area contributed by atoms with Crippen LogP contribution < -0.4 is 5.32 Å². The molecule has 7 heteroatoms. The van der Waals surface area contributed by atoms with Crippen molar-refractivity contribution < 1.29 is 14.4 Å². The van der Waals surface area contributed by atoms with Crippen molar-refractivity contribution in [3.63, 3.8) is 0 Å². The molecule has 106 valence electrons. The zero-order valence-electron chi connectivity index (χ0n) is 11.1. The van der Waals surface area contributed by atoms with Gasteiger partial charge in [0.05, 0.1) is 12.0 Å². The topological polar surface area (TPSA) is 79.4 Å². The summed E-state index contributed by atoms with van der Waals surface area (Å²) in [5.41, 5.74) is 0.336. The predicted octanol–water partition coefficient (Wildman–Crippen LogP) is 1.11. The second-order valence-electron chi connectivity index (χ2n) is 4.82. The van der Waals surface area contributed by atoms with Gasteiger partial charge in [-0.05, 0) is 35.8 Å². The molecule has 0 aromatic carbocycles. The van der Waals surface area contributed by atoms with Crippen LogP contribution in [0.1, 0.15) is 30.6 Å². The molecule has 1 N–H and O–H groups in total. The molecule has 0 aliphatic carbocycles. The number of hydrogen-bond donors (Lipinski definition) is 1. The molecule has 0 radical (unpaired) electrons. The molecule has 1 aromatic heterocycles. The lowest BCUT2D eigenvalue weighted by atomic mass is 10.2. The fourth-order valence-corrected chi connectivity index (χ4v) is 2.45. The van der Waals surface area contributed by atoms with Gasteiger partial charge in [-0.3, -0.25) is 24.3 Å². The van der Waals surface area contributed by atoms with Crippen LogP contribution in [-0.2, 0) is 9.59 Å². The summed E-state index contributed by atoms with van der Waals surface area (Å²) in [4.78, 5) is 40.9. The third-order valence-corrected chi connectivity index (χ3v) is 3.41. The van der Waals surface area contributed by atoms with Crippen molar-refractivity contribution in [1.29, 1.82) is 0 Å². The average Bonchev–Trinajstić information content (AvgIpc) is 2.64. The SMILES string of the molecule is CC(C)N1C(=O)C[C@H](NC(=O)c2cncc(Br)c2)C1=O. The Balaban J connectivity index is 2.10. The summed E-state index contributed by atoms with van der Waals surface area (Å²) in [6, 6.07) is 0.602. The van der Waals surface area contributed by atoms with E-state index in [1.54, 1.807) is 26.1 Å². The lowest BCUT2D eigenvalue weighted by molar-refractivity contribution is -0.140. The zero-order valence-corrected chi connectivity index (χ0v) is 12.7. The molecule has 1 saturated heterocycles. The fourth-order valence-electron chi connectivity index (χ4n) is 2.08. The van der Waals surface area contributed by atoms with E-state index < -0.39 is 11.9 Å². The van der Waals surface area contributed by atoms with Crippen LogP contribution in [0.15, 0.2) is 22.9 Å². The highest BCUT2D eigenvalue weighted by atomic mass is 79.9. The lowest BCUT2D eigenvalue weighted by Gasteiger charge is -2.19. The Morgan fingerprint density at radius 3 is 2.70 bits per heavy atom. The minimum absolute atomic E-state index is 0.00415. The number of carbonyl (C=O) groups is 3. The van der Waals surface area contributed by atoms with Crippen molar-refractivity contribution in [2.45, 2.75) is 32.4 Å². The Labute approximate surface area is 124 Å². The summed E-state index contributed by atoms with van der Waals surface area (Å²) in [7, 11) is 0. The number of rotatable bonds is 3. The first kappa shape index (κ1) is 14.6. The van der Waals surface area contributed by atoms with Crippen LogP contribution in [0.25, 0.3) is 0 Å². The molecule has 6 nitrogen and oxygen atoms in total. The molecule has 1 aromatic rings. The lowest BCUT2D eigenvalue weighted by Crippen LogP contribution is -2.43. The smallest absolute Gasteiger partial charge is 0.253 e. The number of pyridine rings is 1. The molecule has 2 heterocycles. The first-order valence-corrected chi connectivity index (χ1v) is 6.96. The van der Waals surface area contributed by atoms with Gasteiger partial charge in [-0.25, -0.2) is 0 Å². The summed E-state index contributed by atoms with van der Waals surface area (Å²) in [5, 5.41) is 2.58. The van der Waals surface area contributed by atoms with Crippen molar-refractivity contribution in [3.8, 4) is 0 Å². The number of nitrogens with zero attached hydrogens (tertiary/aromatic N) is 2. The molecule has 1 aliphatic rings. The molecule has 0 unspecified atom stereocenters. The molecule has 1 aliphatic heterocycles. The van der Waals surface area contributed by atoms with Crippen molar-refractivity contribution in [3.05, 3.63) is 28.5 Å². The van der Waals surface area contributed by atoms with Gasteiger partial charge in [0, 0.05) is 22.9 Å². The van der Waals surface area contributed by atoms with Gasteiger partial charge in [0.25, 0.3) is 11.8 Å². The number of nitrogens with one attached hydrogen (secondary N) is 1. The first-order valence-electron chi connectivity index (χ1n) is 6.17. The summed E-state index contributed by atoms with van der Waals surface area (Å²) >= 11 is 3.22. The average molecular weight is 340 g/mol. The fraction of sp³-hybridized carbons (Fsp3) is 0.385. The number of hydrogen-bond acceptors (Lipinski definition) is 4. The van der Waals surface area contributed by atoms with E-state index in [1.165, 1.54) is 11.1 Å². The van der Waals surface area contributed by atoms with E-state index in [2.05, 4.69) is 26.2 Å². The number of likely N-dealkylation sites (tertiary alicyclic amines) is 1. The monoisotopic (exact) mass is 339 g/mol. The van der Waals surface area contributed by atoms with E-state index in [0.717, 1.165) is 0 Å². The van der Waals surface area contributed by atoms with Crippen LogP contribution in [-0.4, -0.2) is 39.7 Å². The Bertz CT molecular complexity index is 574. The molecule has 2 rings (SSSR count). The summed E-state index contributed by atoms with van der Waals surface area (Å²) < 4.78 is 0.669. The summed E-state index contributed by atoms with van der Waals surface area (Å²) in [6.45, 7) is 3.52. The van der Waals surface area contributed by atoms with Crippen molar-refractivity contribution in [1.82, 2.24) is 15.2 Å². The maximum Gasteiger partial charge on any atom is 0.253 e. The Morgan fingerprint density at radius 2 is 2.15 bits per heavy atom. The predicted molar refractivity (Wildman–Crippen MR) is 74.8 cm³/mol. The molecule has 0 spiro atoms. The van der Waals surface area contributed by atoms with Gasteiger partial charge < -0.3 is 5.32 Å². The highest BCUT2D eigenvalue weighted by Gasteiger charge is 2.40. The standard InChI is InChI=1S/C13H14BrN3O3/c1-7(2)17-11(18)4-10(13(17)20)16-12(19)8-3-9(14)6-15-5-8/h3,5-7,10H,4H2,1-2H3,(H,16,19)/t10-/m0/s1. The minimum Gasteiger partial charge on any atom is -0.340 e. The van der Waals surface area contributed by atoms with E-state index in [4.69, 9.17) is 0 Å². The molecular formula is C13H14BrN3O3. The van der Waals surface area contributed by atoms with E-state index >= 15 is 0 Å². The van der Waals surface area contributed by atoms with Gasteiger partial charge in [-0.15, -0.1) is 0 Å². The van der Waals surface area contributed by atoms with Gasteiger partial charge in [-0.2, -0.15) is 0 Å². The van der Waals surface area contributed by atoms with Gasteiger partial charge in [0.15, 0.2) is 0 Å². The van der Waals surface area contributed by atoms with Crippen LogP contribution in [0.3, 0.4) is 0 Å². The van der Waals surface area contributed by atoms with Gasteiger partial charge in [0.1, 0.15) is 6.04 Å². The Morgan fingerprint density at radius 1 is 1.45 bits per heavy atom. The van der Waals surface area contributed by atoms with Crippen LogP contribution in [0.5, 0.6) is 0 Å². The van der Waals surface area contributed by atoms with Gasteiger partial charge in [-0.1, -0.05) is 0 Å². The molecule has 0 saturated carbocycles. The maximum atomic E-state index is 12.1. The maximum absolute atomic E-state index is 12.1. The van der Waals surface area contributed by atoms with Crippen molar-refractivity contribution in [2.24, 2.45) is 0 Å². The van der Waals surface area contributed by atoms with Crippen molar-refractivity contribution >= 4 is 33.7 Å². The second-order valence-corrected chi connectivity index (χ2v) is 5.73. The van der Waals surface area contributed by atoms with Gasteiger partial charge in [0.2, 0.25) is 5.91 Å². The number of aromatic nitrogens is 1. The van der Waals surface area contributed by atoms with Crippen LogP contribution >= 0.6 is 15.9 Å². The summed E-state index contributed by atoms with van der Waals surface area (Å²) in [5.74, 6) is -1.04. The Hall–Kier alpha value is -1.76. The third-order valence-electron chi connectivity index (χ3n) is 2.97. The highest BCUT2D eigenvalue weighted by molar-refractivity contribution is 9.10. The second kappa shape index (κ2) is 5.70. The molecule has 1 fully saturated rings. The number of halogens is 1. The third kappa shape index (κ3) is 2.87. The van der Waals surface area contributed by atoms with Crippen LogP contribution in [0.4, 0.5) is 0 Å². The number of carbonyl (C=O) groups excluding carboxylic acids is 3. The minimum atomic E-state index is -0.795. The first-order chi connectivity index (χ1) is 9.40. The molecule has 0 bridgehead atoms. The van der Waals surface area contributed by atoms with Crippen LogP contribution in [0, 0.1) is 0 Å². The van der Waals surface area contributed by atoms with E-state index in [0.29, 0.717) is 10.0 Å². The highest BCUT2D eigenvalue weighted by Crippen LogP contribution is 2.17. The normalized spacial score (nSPS) is 18.8. The molecule has 3 amide bonds. The van der Waals surface area contributed by atoms with E-state index in [-0.39, 0.29) is 24.3 Å². The van der Waals surface area contributed by atoms with E-state index in [1.807, 2.05) is 0 Å². The molecule has 1 atom stereocenters. The van der Waals surface area contributed by atoms with E-state index in [9.17, 15) is 14.4 Å². The largest absolute Gasteiger partial charge is 0.340 e. The zero-order chi connectivity index (χ0) is 14.9. The quantitative estimate of drug-likeness (QED) is 0.836. The van der Waals surface area contributed by atoms with Crippen molar-refractivity contribution in [2.75, 3.05) is 0 Å². The number of imide groups is 1. The molecular weight excluding hydrogens is 326 g/mol. The number of amides is 3. The summed E-state index contributed by atoms with van der Waals surface area (Å²) in [6.07, 6.45) is 2.97. The molecule has 20 heavy (non-hydrogen) atoms.